The van der Waals surface area contributed by atoms with E-state index in [9.17, 15) is 25.0 Å². The Kier molecular flexibility index (Phi) is 7.50. The highest BCUT2D eigenvalue weighted by Crippen LogP contribution is 2.22. The van der Waals surface area contributed by atoms with Crippen molar-refractivity contribution < 1.29 is 14.6 Å². The van der Waals surface area contributed by atoms with Gasteiger partial charge in [0.25, 0.3) is 11.4 Å². The number of hydrogen-bond acceptors (Lipinski definition) is 6. The predicted octanol–water partition coefficient (Wildman–Crippen LogP) is 4.05. The molecule has 10 nitrogen and oxygen atoms in total. The lowest BCUT2D eigenvalue weighted by Crippen LogP contribution is -2.53. The largest absolute Gasteiger partial charge is 0.333 e. The summed E-state index contributed by atoms with van der Waals surface area (Å²) in [6.07, 6.45) is 4.92. The molecular weight excluding hydrogens is 402 g/mol. The Balaban J connectivity index is 1.67. The minimum atomic E-state index is -0.472. The lowest BCUT2D eigenvalue weighted by molar-refractivity contribution is -0.385. The van der Waals surface area contributed by atoms with Gasteiger partial charge in [-0.3, -0.25) is 25.2 Å². The number of benzene rings is 2. The van der Waals surface area contributed by atoms with Gasteiger partial charge >= 0.3 is 6.03 Å². The van der Waals surface area contributed by atoms with E-state index >= 15 is 0 Å². The zero-order chi connectivity index (χ0) is 22.2. The van der Waals surface area contributed by atoms with Crippen LogP contribution in [0.3, 0.4) is 0 Å². The third-order valence-corrected chi connectivity index (χ3v) is 5.30. The van der Waals surface area contributed by atoms with E-state index in [0.29, 0.717) is 11.1 Å². The normalized spacial score (nSPS) is 14.1. The number of non-ortho nitro benzene ring substituents is 2. The maximum absolute atomic E-state index is 12.9. The Morgan fingerprint density at radius 1 is 0.903 bits per heavy atom. The molecule has 0 bridgehead atoms. The van der Waals surface area contributed by atoms with Gasteiger partial charge in [0.2, 0.25) is 0 Å². The highest BCUT2D eigenvalue weighted by Gasteiger charge is 2.25. The summed E-state index contributed by atoms with van der Waals surface area (Å²) in [5, 5.41) is 26.3. The van der Waals surface area contributed by atoms with E-state index in [-0.39, 0.29) is 36.5 Å². The molecule has 10 heteroatoms. The minimum absolute atomic E-state index is 0.00126. The number of carbonyl (C=O) groups excluding carboxylic acids is 1. The first kappa shape index (κ1) is 22.2. The number of hydrogen-bond donors (Lipinski definition) is 2. The van der Waals surface area contributed by atoms with Gasteiger partial charge in [-0.15, -0.1) is 0 Å². The van der Waals surface area contributed by atoms with Crippen LogP contribution in [0.5, 0.6) is 0 Å². The molecule has 1 fully saturated rings. The van der Waals surface area contributed by atoms with Crippen LogP contribution >= 0.6 is 0 Å². The van der Waals surface area contributed by atoms with E-state index in [1.807, 2.05) is 0 Å². The van der Waals surface area contributed by atoms with Gasteiger partial charge in [0.15, 0.2) is 0 Å². The highest BCUT2D eigenvalue weighted by atomic mass is 16.6. The topological polar surface area (TPSA) is 131 Å². The molecule has 0 aliphatic heterocycles. The number of amides is 2. The Labute approximate surface area is 179 Å². The number of nitrogens with zero attached hydrogens (tertiary/aromatic N) is 3. The zero-order valence-electron chi connectivity index (χ0n) is 17.0. The Hall–Kier alpha value is -3.53. The van der Waals surface area contributed by atoms with E-state index in [1.54, 1.807) is 29.3 Å². The van der Waals surface area contributed by atoms with Crippen LogP contribution in [0.25, 0.3) is 0 Å². The number of nitro benzene ring substituents is 2. The first-order valence-corrected chi connectivity index (χ1v) is 10.2. The summed E-state index contributed by atoms with van der Waals surface area (Å²) in [5.74, 6) is 0. The van der Waals surface area contributed by atoms with Crippen LogP contribution in [0, 0.1) is 20.2 Å². The van der Waals surface area contributed by atoms with Crippen molar-refractivity contribution in [1.82, 2.24) is 15.8 Å². The molecule has 0 saturated heterocycles. The van der Waals surface area contributed by atoms with Gasteiger partial charge in [-0.05, 0) is 24.0 Å². The van der Waals surface area contributed by atoms with Crippen molar-refractivity contribution in [2.75, 3.05) is 0 Å². The summed E-state index contributed by atoms with van der Waals surface area (Å²) in [5.41, 5.74) is 4.42. The van der Waals surface area contributed by atoms with Crippen molar-refractivity contribution in [1.29, 1.82) is 0 Å². The third-order valence-electron chi connectivity index (χ3n) is 5.30. The molecule has 1 aliphatic rings. The quantitative estimate of drug-likeness (QED) is 0.483. The fourth-order valence-electron chi connectivity index (χ4n) is 3.71. The van der Waals surface area contributed by atoms with Gasteiger partial charge in [0.05, 0.1) is 15.9 Å². The molecule has 164 valence electrons. The summed E-state index contributed by atoms with van der Waals surface area (Å²) in [4.78, 5) is 34.0. The van der Waals surface area contributed by atoms with Crippen molar-refractivity contribution in [3.8, 4) is 0 Å². The molecule has 0 unspecified atom stereocenters. The van der Waals surface area contributed by atoms with Crippen LogP contribution in [0.15, 0.2) is 48.5 Å². The number of carbonyl (C=O) groups is 1. The van der Waals surface area contributed by atoms with E-state index in [0.717, 1.165) is 32.1 Å². The molecule has 2 aromatic carbocycles. The van der Waals surface area contributed by atoms with E-state index < -0.39 is 9.85 Å². The second-order valence-corrected chi connectivity index (χ2v) is 7.51. The minimum Gasteiger partial charge on any atom is -0.333 e. The average Bonchev–Trinajstić information content (AvgIpc) is 2.79. The van der Waals surface area contributed by atoms with Crippen molar-refractivity contribution >= 4 is 17.4 Å². The fourth-order valence-corrected chi connectivity index (χ4v) is 3.71. The molecular formula is C21H25N5O5. The van der Waals surface area contributed by atoms with E-state index in [1.165, 1.54) is 24.3 Å². The van der Waals surface area contributed by atoms with Crippen LogP contribution in [-0.2, 0) is 13.1 Å². The summed E-state index contributed by atoms with van der Waals surface area (Å²) in [6.45, 7) is 0.421. The van der Waals surface area contributed by atoms with Crippen molar-refractivity contribution in [3.63, 3.8) is 0 Å². The molecule has 3 rings (SSSR count). The first-order valence-electron chi connectivity index (χ1n) is 10.2. The van der Waals surface area contributed by atoms with Crippen LogP contribution in [0.2, 0.25) is 0 Å². The molecule has 1 aliphatic carbocycles. The molecule has 0 radical (unpaired) electrons. The van der Waals surface area contributed by atoms with E-state index in [4.69, 9.17) is 0 Å². The number of urea groups is 1. The molecule has 2 amide bonds. The molecule has 0 atom stereocenters. The highest BCUT2D eigenvalue weighted by molar-refractivity contribution is 5.74. The number of rotatable bonds is 8. The molecule has 31 heavy (non-hydrogen) atoms. The molecule has 2 aromatic rings. The van der Waals surface area contributed by atoms with Crippen LogP contribution in [0.1, 0.15) is 43.2 Å². The van der Waals surface area contributed by atoms with Gasteiger partial charge < -0.3 is 5.32 Å². The Morgan fingerprint density at radius 3 is 2.00 bits per heavy atom. The van der Waals surface area contributed by atoms with Crippen molar-refractivity contribution in [2.45, 2.75) is 51.2 Å². The summed E-state index contributed by atoms with van der Waals surface area (Å²) >= 11 is 0. The van der Waals surface area contributed by atoms with Gasteiger partial charge in [-0.1, -0.05) is 43.5 Å². The Bertz CT molecular complexity index is 945. The summed E-state index contributed by atoms with van der Waals surface area (Å²) < 4.78 is 0. The van der Waals surface area contributed by atoms with Gasteiger partial charge in [0, 0.05) is 37.4 Å². The average molecular weight is 427 g/mol. The van der Waals surface area contributed by atoms with E-state index in [2.05, 4.69) is 10.7 Å². The smallest absolute Gasteiger partial charge is 0.332 e. The third kappa shape index (κ3) is 6.22. The molecule has 1 saturated carbocycles. The monoisotopic (exact) mass is 427 g/mol. The standard InChI is InChI=1S/C21H25N5O5/c27-21(22-14-16-6-4-10-19(12-16)25(28)29)24(18-8-2-1-3-9-18)23-15-17-7-5-11-20(13-17)26(30)31/h4-7,10-13,18,23H,1-3,8-9,14-15H2,(H,22,27). The fraction of sp³-hybridized carbons (Fsp3) is 0.381. The number of nitrogens with one attached hydrogen (secondary N) is 2. The van der Waals surface area contributed by atoms with Crippen LogP contribution in [-0.4, -0.2) is 26.9 Å². The number of hydrazine groups is 1. The SMILES string of the molecule is O=C(NCc1cccc([N+](=O)[O-])c1)N(NCc1cccc([N+](=O)[O-])c1)C1CCCCC1. The lowest BCUT2D eigenvalue weighted by atomic mass is 9.95. The van der Waals surface area contributed by atoms with Gasteiger partial charge in [-0.2, -0.15) is 0 Å². The van der Waals surface area contributed by atoms with Crippen molar-refractivity contribution in [3.05, 3.63) is 79.9 Å². The predicted molar refractivity (Wildman–Crippen MR) is 114 cm³/mol. The molecule has 2 N–H and O–H groups in total. The van der Waals surface area contributed by atoms with Crippen LogP contribution in [0.4, 0.5) is 16.2 Å². The summed E-state index contributed by atoms with van der Waals surface area (Å²) in [7, 11) is 0. The summed E-state index contributed by atoms with van der Waals surface area (Å²) in [6, 6.07) is 12.1. The van der Waals surface area contributed by atoms with Gasteiger partial charge in [0.1, 0.15) is 0 Å². The molecule has 0 aromatic heterocycles. The van der Waals surface area contributed by atoms with Gasteiger partial charge in [-0.25, -0.2) is 10.2 Å². The second-order valence-electron chi connectivity index (χ2n) is 7.51. The first-order chi connectivity index (χ1) is 14.9. The van der Waals surface area contributed by atoms with Crippen molar-refractivity contribution in [2.24, 2.45) is 0 Å². The maximum Gasteiger partial charge on any atom is 0.332 e. The zero-order valence-corrected chi connectivity index (χ0v) is 17.0. The molecule has 0 spiro atoms. The maximum atomic E-state index is 12.9. The Morgan fingerprint density at radius 2 is 1.45 bits per heavy atom. The molecule has 0 heterocycles. The second kappa shape index (κ2) is 10.5. The number of nitro groups is 2. The van der Waals surface area contributed by atoms with Crippen LogP contribution < -0.4 is 10.7 Å². The lowest BCUT2D eigenvalue weighted by Gasteiger charge is -2.34.